The maximum atomic E-state index is 12.4. The van der Waals surface area contributed by atoms with Crippen LogP contribution in [-0.4, -0.2) is 22.2 Å². The Kier molecular flexibility index (Phi) is 3.33. The first-order valence-corrected chi connectivity index (χ1v) is 4.39. The number of hydrogen-bond donors (Lipinski definition) is 2. The van der Waals surface area contributed by atoms with E-state index >= 15 is 0 Å². The molecule has 1 aromatic rings. The van der Waals surface area contributed by atoms with E-state index in [2.05, 4.69) is 0 Å². The number of alkyl halides is 3. The fourth-order valence-corrected chi connectivity index (χ4v) is 1.42. The Morgan fingerprint density at radius 1 is 1.06 bits per heavy atom. The summed E-state index contributed by atoms with van der Waals surface area (Å²) in [6.07, 6.45) is -4.85. The summed E-state index contributed by atoms with van der Waals surface area (Å²) in [6.45, 7) is 0. The number of benzene rings is 1. The number of hydrogen-bond acceptors (Lipinski definition) is 2. The largest absolute Gasteiger partial charge is 0.478 e. The first-order valence-electron chi connectivity index (χ1n) is 4.02. The van der Waals surface area contributed by atoms with Gasteiger partial charge < -0.3 is 10.2 Å². The molecule has 0 unspecified atom stereocenters. The molecule has 0 radical (unpaired) electrons. The molecular weight excluding hydrogens is 265 g/mol. The Morgan fingerprint density at radius 3 is 1.82 bits per heavy atom. The summed E-state index contributed by atoms with van der Waals surface area (Å²) in [4.78, 5) is 21.3. The molecule has 1 aromatic carbocycles. The summed E-state index contributed by atoms with van der Waals surface area (Å²) in [5.74, 6) is -3.44. The molecule has 17 heavy (non-hydrogen) atoms. The summed E-state index contributed by atoms with van der Waals surface area (Å²) in [5.41, 5.74) is -3.15. The van der Waals surface area contributed by atoms with Crippen molar-refractivity contribution in [1.82, 2.24) is 0 Å². The van der Waals surface area contributed by atoms with E-state index in [1.165, 1.54) is 0 Å². The van der Waals surface area contributed by atoms with Crippen molar-refractivity contribution in [2.45, 2.75) is 6.18 Å². The zero-order valence-corrected chi connectivity index (χ0v) is 8.63. The van der Waals surface area contributed by atoms with E-state index in [1.807, 2.05) is 0 Å². The smallest absolute Gasteiger partial charge is 0.417 e. The molecule has 0 heterocycles. The molecule has 0 aromatic heterocycles. The van der Waals surface area contributed by atoms with Gasteiger partial charge in [-0.05, 0) is 12.1 Å². The van der Waals surface area contributed by atoms with Crippen LogP contribution in [0.4, 0.5) is 13.2 Å². The number of halogens is 4. The molecule has 0 saturated carbocycles. The van der Waals surface area contributed by atoms with E-state index in [4.69, 9.17) is 21.8 Å². The van der Waals surface area contributed by atoms with Gasteiger partial charge in [-0.3, -0.25) is 0 Å². The quantitative estimate of drug-likeness (QED) is 0.865. The van der Waals surface area contributed by atoms with Gasteiger partial charge in [0.25, 0.3) is 0 Å². The predicted molar refractivity (Wildman–Crippen MR) is 50.4 cm³/mol. The molecule has 0 fully saturated rings. The fourth-order valence-electron chi connectivity index (χ4n) is 1.14. The van der Waals surface area contributed by atoms with Gasteiger partial charge in [-0.15, -0.1) is 0 Å². The van der Waals surface area contributed by atoms with Crippen LogP contribution in [0.5, 0.6) is 0 Å². The molecule has 0 atom stereocenters. The molecule has 92 valence electrons. The van der Waals surface area contributed by atoms with Crippen LogP contribution < -0.4 is 0 Å². The first kappa shape index (κ1) is 13.3. The minimum absolute atomic E-state index is 0.202. The van der Waals surface area contributed by atoms with Crippen LogP contribution in [0.15, 0.2) is 12.1 Å². The second-order valence-electron chi connectivity index (χ2n) is 2.99. The lowest BCUT2D eigenvalue weighted by atomic mass is 10.0. The van der Waals surface area contributed by atoms with Gasteiger partial charge in [0.15, 0.2) is 0 Å². The number of aromatic carboxylic acids is 2. The Bertz CT molecular complexity index is 496. The van der Waals surface area contributed by atoms with Crippen LogP contribution >= 0.6 is 11.6 Å². The Hall–Kier alpha value is -1.76. The third-order valence-corrected chi connectivity index (χ3v) is 2.19. The van der Waals surface area contributed by atoms with Gasteiger partial charge in [-0.2, -0.15) is 13.2 Å². The van der Waals surface area contributed by atoms with E-state index in [-0.39, 0.29) is 6.07 Å². The molecule has 0 bridgehead atoms. The SMILES string of the molecule is O=C(O)c1cc(Cl)c(C(F)(F)F)cc1C(=O)O. The third-order valence-electron chi connectivity index (χ3n) is 1.87. The number of carbonyl (C=O) groups is 2. The Balaban J connectivity index is 3.57. The topological polar surface area (TPSA) is 74.6 Å². The highest BCUT2D eigenvalue weighted by Gasteiger charge is 2.35. The van der Waals surface area contributed by atoms with E-state index in [0.717, 1.165) is 0 Å². The average Bonchev–Trinajstić information content (AvgIpc) is 2.14. The minimum Gasteiger partial charge on any atom is -0.478 e. The summed E-state index contributed by atoms with van der Waals surface area (Å²) in [6, 6.07) is 0.671. The van der Waals surface area contributed by atoms with Gasteiger partial charge in [0.2, 0.25) is 0 Å². The second kappa shape index (κ2) is 4.25. The molecule has 8 heteroatoms. The van der Waals surface area contributed by atoms with Crippen LogP contribution in [0.3, 0.4) is 0 Å². The van der Waals surface area contributed by atoms with Crippen molar-refractivity contribution in [3.63, 3.8) is 0 Å². The molecule has 0 spiro atoms. The molecule has 0 aliphatic rings. The normalized spacial score (nSPS) is 11.3. The van der Waals surface area contributed by atoms with Crippen molar-refractivity contribution in [3.8, 4) is 0 Å². The fraction of sp³-hybridized carbons (Fsp3) is 0.111. The Labute approximate surface area is 97.2 Å². The van der Waals surface area contributed by atoms with Crippen molar-refractivity contribution in [2.75, 3.05) is 0 Å². The number of carboxylic acid groups (broad SMARTS) is 2. The maximum Gasteiger partial charge on any atom is 0.417 e. The van der Waals surface area contributed by atoms with Crippen LogP contribution in [0.2, 0.25) is 5.02 Å². The monoisotopic (exact) mass is 268 g/mol. The molecular formula is C9H4ClF3O4. The highest BCUT2D eigenvalue weighted by molar-refractivity contribution is 6.32. The lowest BCUT2D eigenvalue weighted by Crippen LogP contribution is -2.13. The van der Waals surface area contributed by atoms with Gasteiger partial charge in [0.1, 0.15) is 0 Å². The van der Waals surface area contributed by atoms with E-state index in [1.54, 1.807) is 0 Å². The van der Waals surface area contributed by atoms with Crippen molar-refractivity contribution in [3.05, 3.63) is 33.8 Å². The van der Waals surface area contributed by atoms with E-state index in [0.29, 0.717) is 6.07 Å². The summed E-state index contributed by atoms with van der Waals surface area (Å²) in [5, 5.41) is 16.4. The molecule has 1 rings (SSSR count). The van der Waals surface area contributed by atoms with E-state index in [9.17, 15) is 22.8 Å². The molecule has 0 aliphatic heterocycles. The summed E-state index contributed by atoms with van der Waals surface area (Å²) in [7, 11) is 0. The second-order valence-corrected chi connectivity index (χ2v) is 3.39. The average molecular weight is 269 g/mol. The highest BCUT2D eigenvalue weighted by Crippen LogP contribution is 2.36. The van der Waals surface area contributed by atoms with Crippen LogP contribution in [0, 0.1) is 0 Å². The summed E-state index contributed by atoms with van der Waals surface area (Å²) >= 11 is 5.26. The maximum absolute atomic E-state index is 12.4. The first-order chi connectivity index (χ1) is 7.64. The molecule has 0 saturated heterocycles. The van der Waals surface area contributed by atoms with Crippen molar-refractivity contribution in [1.29, 1.82) is 0 Å². The lowest BCUT2D eigenvalue weighted by Gasteiger charge is -2.11. The van der Waals surface area contributed by atoms with Crippen molar-refractivity contribution in [2.24, 2.45) is 0 Å². The minimum atomic E-state index is -4.85. The van der Waals surface area contributed by atoms with Crippen molar-refractivity contribution < 1.29 is 33.0 Å². The van der Waals surface area contributed by atoms with Gasteiger partial charge in [-0.1, -0.05) is 11.6 Å². The lowest BCUT2D eigenvalue weighted by molar-refractivity contribution is -0.137. The van der Waals surface area contributed by atoms with Gasteiger partial charge >= 0.3 is 18.1 Å². The predicted octanol–water partition coefficient (Wildman–Crippen LogP) is 2.76. The number of rotatable bonds is 2. The highest BCUT2D eigenvalue weighted by atomic mass is 35.5. The zero-order chi connectivity index (χ0) is 13.4. The third kappa shape index (κ3) is 2.68. The molecule has 0 aliphatic carbocycles. The number of carboxylic acids is 2. The van der Waals surface area contributed by atoms with E-state index < -0.39 is 39.8 Å². The zero-order valence-electron chi connectivity index (χ0n) is 7.88. The van der Waals surface area contributed by atoms with Crippen LogP contribution in [-0.2, 0) is 6.18 Å². The van der Waals surface area contributed by atoms with Gasteiger partial charge in [0.05, 0.1) is 21.7 Å². The standard InChI is InChI=1S/C9H4ClF3O4/c10-6-2-4(8(16)17)3(7(14)15)1-5(6)9(11,12)13/h1-2H,(H,14,15)(H,16,17). The molecule has 2 N–H and O–H groups in total. The van der Waals surface area contributed by atoms with Crippen LogP contribution in [0.1, 0.15) is 26.3 Å². The van der Waals surface area contributed by atoms with Crippen LogP contribution in [0.25, 0.3) is 0 Å². The van der Waals surface area contributed by atoms with Gasteiger partial charge in [0, 0.05) is 0 Å². The summed E-state index contributed by atoms with van der Waals surface area (Å²) < 4.78 is 37.2. The van der Waals surface area contributed by atoms with Gasteiger partial charge in [-0.25, -0.2) is 9.59 Å². The molecule has 4 nitrogen and oxygen atoms in total. The Morgan fingerprint density at radius 2 is 1.47 bits per heavy atom. The molecule has 0 amide bonds. The van der Waals surface area contributed by atoms with Crippen molar-refractivity contribution >= 4 is 23.5 Å².